The molecule has 0 radical (unpaired) electrons. The number of hydrogen-bond donors (Lipinski definition) is 3. The predicted octanol–water partition coefficient (Wildman–Crippen LogP) is 2.09. The number of sulfonamides is 1. The lowest BCUT2D eigenvalue weighted by Gasteiger charge is -2.30. The molecule has 0 aliphatic rings. The van der Waals surface area contributed by atoms with Crippen LogP contribution in [0.25, 0.3) is 10.8 Å². The number of amides is 2. The third-order valence-electron chi connectivity index (χ3n) is 6.10. The van der Waals surface area contributed by atoms with Crippen molar-refractivity contribution in [2.75, 3.05) is 13.6 Å². The summed E-state index contributed by atoms with van der Waals surface area (Å²) in [4.78, 5) is 27.0. The Balaban J connectivity index is 1.91. The average molecular weight is 497 g/mol. The minimum absolute atomic E-state index is 0.0858. The number of carbonyl (C=O) groups excluding carboxylic acids is 2. The van der Waals surface area contributed by atoms with Crippen LogP contribution in [0.15, 0.2) is 71.6 Å². The smallest absolute Gasteiger partial charge is 0.241 e. The number of aryl methyl sites for hydroxylation is 1. The van der Waals surface area contributed by atoms with Gasteiger partial charge in [0.25, 0.3) is 0 Å². The molecule has 0 aliphatic heterocycles. The van der Waals surface area contributed by atoms with E-state index < -0.39 is 33.9 Å². The zero-order valence-electron chi connectivity index (χ0n) is 20.0. The molecule has 0 heterocycles. The number of nitrogens with one attached hydrogen (secondary N) is 1. The Labute approximate surface area is 206 Å². The van der Waals surface area contributed by atoms with Gasteiger partial charge in [0.05, 0.1) is 4.90 Å². The summed E-state index contributed by atoms with van der Waals surface area (Å²) in [6, 6.07) is 17.6. The molecule has 35 heavy (non-hydrogen) atoms. The van der Waals surface area contributed by atoms with Gasteiger partial charge >= 0.3 is 0 Å². The summed E-state index contributed by atoms with van der Waals surface area (Å²) < 4.78 is 29.5. The van der Waals surface area contributed by atoms with Crippen LogP contribution in [0.2, 0.25) is 0 Å². The molecule has 0 bridgehead atoms. The Morgan fingerprint density at radius 1 is 0.971 bits per heavy atom. The van der Waals surface area contributed by atoms with E-state index in [0.717, 1.165) is 16.5 Å². The van der Waals surface area contributed by atoms with Crippen LogP contribution >= 0.6 is 0 Å². The zero-order valence-corrected chi connectivity index (χ0v) is 20.8. The first kappa shape index (κ1) is 26.3. The third kappa shape index (κ3) is 6.25. The van der Waals surface area contributed by atoms with Gasteiger partial charge in [0.2, 0.25) is 21.8 Å². The fraction of sp³-hybridized carbons (Fsp3) is 0.308. The number of hydrogen-bond acceptors (Lipinski definition) is 5. The summed E-state index contributed by atoms with van der Waals surface area (Å²) in [6.45, 7) is 2.19. The van der Waals surface area contributed by atoms with Gasteiger partial charge in [-0.05, 0) is 48.9 Å². The maximum absolute atomic E-state index is 13.5. The van der Waals surface area contributed by atoms with E-state index in [9.17, 15) is 18.0 Å². The molecule has 0 saturated heterocycles. The Bertz CT molecular complexity index is 1300. The van der Waals surface area contributed by atoms with Crippen molar-refractivity contribution in [3.8, 4) is 0 Å². The monoisotopic (exact) mass is 496 g/mol. The van der Waals surface area contributed by atoms with Crippen molar-refractivity contribution in [2.24, 2.45) is 11.5 Å². The molecule has 0 saturated carbocycles. The first-order valence-corrected chi connectivity index (χ1v) is 12.9. The molecule has 3 aromatic carbocycles. The summed E-state index contributed by atoms with van der Waals surface area (Å²) in [5.41, 5.74) is 13.1. The van der Waals surface area contributed by atoms with E-state index in [1.165, 1.54) is 18.0 Å². The van der Waals surface area contributed by atoms with Crippen LogP contribution in [0.1, 0.15) is 24.0 Å². The lowest BCUT2D eigenvalue weighted by Crippen LogP contribution is -2.54. The van der Waals surface area contributed by atoms with Crippen LogP contribution in [-0.4, -0.2) is 50.8 Å². The number of fused-ring (bicyclic) bond motifs is 1. The van der Waals surface area contributed by atoms with Gasteiger partial charge in [-0.15, -0.1) is 0 Å². The molecular weight excluding hydrogens is 464 g/mol. The number of nitrogens with zero attached hydrogens (tertiary/aromatic N) is 1. The maximum Gasteiger partial charge on any atom is 0.241 e. The quantitative estimate of drug-likeness (QED) is 0.373. The molecule has 0 aliphatic carbocycles. The Kier molecular flexibility index (Phi) is 8.61. The van der Waals surface area contributed by atoms with Crippen LogP contribution in [0.5, 0.6) is 0 Å². The molecule has 0 fully saturated rings. The highest BCUT2D eigenvalue weighted by atomic mass is 32.2. The van der Waals surface area contributed by atoms with E-state index in [1.54, 1.807) is 18.2 Å². The fourth-order valence-electron chi connectivity index (χ4n) is 4.13. The highest BCUT2D eigenvalue weighted by molar-refractivity contribution is 7.89. The molecule has 3 aromatic rings. The topological polar surface area (TPSA) is 136 Å². The highest BCUT2D eigenvalue weighted by Gasteiger charge is 2.33. The minimum atomic E-state index is -4.07. The van der Waals surface area contributed by atoms with E-state index >= 15 is 0 Å². The molecule has 5 N–H and O–H groups in total. The van der Waals surface area contributed by atoms with Gasteiger partial charge < -0.3 is 16.4 Å². The van der Waals surface area contributed by atoms with Crippen LogP contribution in [-0.2, 0) is 26.0 Å². The van der Waals surface area contributed by atoms with E-state index in [2.05, 4.69) is 4.72 Å². The van der Waals surface area contributed by atoms with Gasteiger partial charge in [-0.2, -0.15) is 4.72 Å². The Morgan fingerprint density at radius 3 is 2.23 bits per heavy atom. The van der Waals surface area contributed by atoms with Crippen molar-refractivity contribution >= 4 is 32.6 Å². The Morgan fingerprint density at radius 2 is 1.60 bits per heavy atom. The highest BCUT2D eigenvalue weighted by Crippen LogP contribution is 2.26. The van der Waals surface area contributed by atoms with Crippen molar-refractivity contribution in [3.63, 3.8) is 0 Å². The first-order valence-electron chi connectivity index (χ1n) is 11.5. The molecule has 3 rings (SSSR count). The summed E-state index contributed by atoms with van der Waals surface area (Å²) in [5, 5.41) is 1.38. The molecule has 0 unspecified atom stereocenters. The number of benzene rings is 3. The maximum atomic E-state index is 13.5. The Hall–Kier alpha value is -3.27. The van der Waals surface area contributed by atoms with Gasteiger partial charge in [-0.1, -0.05) is 60.7 Å². The normalized spacial score (nSPS) is 13.3. The second-order valence-electron chi connectivity index (χ2n) is 8.59. The molecule has 2 amide bonds. The third-order valence-corrected chi connectivity index (χ3v) is 7.63. The van der Waals surface area contributed by atoms with Crippen LogP contribution in [0, 0.1) is 6.92 Å². The van der Waals surface area contributed by atoms with Crippen molar-refractivity contribution in [1.29, 1.82) is 0 Å². The van der Waals surface area contributed by atoms with E-state index in [-0.39, 0.29) is 24.3 Å². The van der Waals surface area contributed by atoms with Gasteiger partial charge in [0.15, 0.2) is 0 Å². The minimum Gasteiger partial charge on any atom is -0.368 e. The van der Waals surface area contributed by atoms with Gasteiger partial charge in [0, 0.05) is 18.9 Å². The van der Waals surface area contributed by atoms with E-state index in [4.69, 9.17) is 11.5 Å². The summed E-state index contributed by atoms with van der Waals surface area (Å²) in [6.07, 6.45) is 0.818. The molecule has 0 spiro atoms. The van der Waals surface area contributed by atoms with Gasteiger partial charge in [-0.25, -0.2) is 8.42 Å². The van der Waals surface area contributed by atoms with Gasteiger partial charge in [-0.3, -0.25) is 9.59 Å². The molecule has 186 valence electrons. The number of rotatable bonds is 11. The lowest BCUT2D eigenvalue weighted by atomic mass is 10.0. The summed E-state index contributed by atoms with van der Waals surface area (Å²) >= 11 is 0. The fourth-order valence-corrected chi connectivity index (χ4v) is 5.56. The standard InChI is InChI=1S/C26H32N4O4S/c1-18-14-15-24(21-12-7-6-11-20(18)21)35(33,34)29-22(13-8-16-27)26(32)30(2)23(25(28)31)17-19-9-4-3-5-10-19/h3-7,9-12,14-15,22-23,29H,8,13,16-17,27H2,1-2H3,(H2,28,31)/t22-,23-/m0/s1. The number of primary amides is 1. The number of carbonyl (C=O) groups is 2. The number of likely N-dealkylation sites (N-methyl/N-ethyl adjacent to an activating group) is 1. The van der Waals surface area contributed by atoms with E-state index in [0.29, 0.717) is 11.8 Å². The summed E-state index contributed by atoms with van der Waals surface area (Å²) in [5.74, 6) is -1.21. The molecule has 2 atom stereocenters. The first-order chi connectivity index (χ1) is 16.7. The lowest BCUT2D eigenvalue weighted by molar-refractivity contribution is -0.139. The van der Waals surface area contributed by atoms with Gasteiger partial charge in [0.1, 0.15) is 12.1 Å². The summed E-state index contributed by atoms with van der Waals surface area (Å²) in [7, 11) is -2.61. The SMILES string of the molecule is Cc1ccc(S(=O)(=O)N[C@@H](CCCN)C(=O)N(C)[C@@H](Cc2ccccc2)C(N)=O)c2ccccc12. The average Bonchev–Trinajstić information content (AvgIpc) is 2.85. The van der Waals surface area contributed by atoms with E-state index in [1.807, 2.05) is 49.4 Å². The largest absolute Gasteiger partial charge is 0.368 e. The number of nitrogens with two attached hydrogens (primary N) is 2. The van der Waals surface area contributed by atoms with Crippen LogP contribution < -0.4 is 16.2 Å². The van der Waals surface area contributed by atoms with Crippen molar-refractivity contribution in [1.82, 2.24) is 9.62 Å². The van der Waals surface area contributed by atoms with Crippen molar-refractivity contribution < 1.29 is 18.0 Å². The molecule has 9 heteroatoms. The van der Waals surface area contributed by atoms with Crippen molar-refractivity contribution in [3.05, 3.63) is 77.9 Å². The molecule has 0 aromatic heterocycles. The second kappa shape index (κ2) is 11.4. The van der Waals surface area contributed by atoms with Crippen molar-refractivity contribution in [2.45, 2.75) is 43.2 Å². The predicted molar refractivity (Wildman–Crippen MR) is 137 cm³/mol. The van der Waals surface area contributed by atoms with Crippen LogP contribution in [0.3, 0.4) is 0 Å². The second-order valence-corrected chi connectivity index (χ2v) is 10.3. The molecule has 8 nitrogen and oxygen atoms in total. The zero-order chi connectivity index (χ0) is 25.6. The molecular formula is C26H32N4O4S. The van der Waals surface area contributed by atoms with Crippen LogP contribution in [0.4, 0.5) is 0 Å².